The largest absolute Gasteiger partial charge is 0.468 e. The SMILES string of the molecule is COC(=O)[C@@H](NC(C)c1ccc(C#N)cc1)C(C)C. The van der Waals surface area contributed by atoms with Crippen LogP contribution in [0, 0.1) is 17.2 Å². The number of hydrogen-bond acceptors (Lipinski definition) is 4. The lowest BCUT2D eigenvalue weighted by atomic mass is 10.0. The number of methoxy groups -OCH3 is 1. The molecule has 0 bridgehead atoms. The zero-order valence-corrected chi connectivity index (χ0v) is 11.8. The molecule has 4 nitrogen and oxygen atoms in total. The second kappa shape index (κ2) is 6.91. The van der Waals surface area contributed by atoms with E-state index in [-0.39, 0.29) is 24.0 Å². The first kappa shape index (κ1) is 15.2. The third-order valence-electron chi connectivity index (χ3n) is 3.09. The number of benzene rings is 1. The fourth-order valence-corrected chi connectivity index (χ4v) is 1.87. The Balaban J connectivity index is 2.78. The zero-order valence-electron chi connectivity index (χ0n) is 11.8. The number of esters is 1. The molecule has 0 aliphatic rings. The molecule has 0 radical (unpaired) electrons. The van der Waals surface area contributed by atoms with Crippen molar-refractivity contribution in [3.8, 4) is 6.07 Å². The molecular formula is C15H20N2O2. The summed E-state index contributed by atoms with van der Waals surface area (Å²) >= 11 is 0. The molecule has 0 aliphatic carbocycles. The molecule has 2 atom stereocenters. The van der Waals surface area contributed by atoms with Crippen molar-refractivity contribution in [1.29, 1.82) is 5.26 Å². The van der Waals surface area contributed by atoms with Crippen molar-refractivity contribution in [2.45, 2.75) is 32.9 Å². The molecule has 4 heteroatoms. The maximum Gasteiger partial charge on any atom is 0.323 e. The molecule has 0 aliphatic heterocycles. The van der Waals surface area contributed by atoms with Crippen LogP contribution in [-0.2, 0) is 9.53 Å². The average Bonchev–Trinajstić information content (AvgIpc) is 2.43. The lowest BCUT2D eigenvalue weighted by molar-refractivity contribution is -0.144. The van der Waals surface area contributed by atoms with Crippen molar-refractivity contribution in [2.75, 3.05) is 7.11 Å². The van der Waals surface area contributed by atoms with E-state index in [9.17, 15) is 4.79 Å². The molecule has 1 N–H and O–H groups in total. The Morgan fingerprint density at radius 2 is 1.84 bits per heavy atom. The molecule has 102 valence electrons. The molecule has 0 spiro atoms. The number of nitrogens with one attached hydrogen (secondary N) is 1. The molecule has 19 heavy (non-hydrogen) atoms. The average molecular weight is 260 g/mol. The van der Waals surface area contributed by atoms with E-state index in [1.807, 2.05) is 32.9 Å². The van der Waals surface area contributed by atoms with Crippen molar-refractivity contribution in [3.05, 3.63) is 35.4 Å². The Hall–Kier alpha value is -1.86. The smallest absolute Gasteiger partial charge is 0.323 e. The van der Waals surface area contributed by atoms with Gasteiger partial charge in [-0.05, 0) is 30.5 Å². The molecule has 0 heterocycles. The van der Waals surface area contributed by atoms with Crippen molar-refractivity contribution in [2.24, 2.45) is 5.92 Å². The fraction of sp³-hybridized carbons (Fsp3) is 0.467. The quantitative estimate of drug-likeness (QED) is 0.826. The number of rotatable bonds is 5. The monoisotopic (exact) mass is 260 g/mol. The number of carbonyl (C=O) groups is 1. The van der Waals surface area contributed by atoms with Gasteiger partial charge in [-0.25, -0.2) is 0 Å². The third-order valence-corrected chi connectivity index (χ3v) is 3.09. The van der Waals surface area contributed by atoms with Gasteiger partial charge in [-0.3, -0.25) is 10.1 Å². The minimum atomic E-state index is -0.337. The summed E-state index contributed by atoms with van der Waals surface area (Å²) in [6.07, 6.45) is 0. The van der Waals surface area contributed by atoms with Crippen molar-refractivity contribution in [3.63, 3.8) is 0 Å². The number of carbonyl (C=O) groups excluding carboxylic acids is 1. The summed E-state index contributed by atoms with van der Waals surface area (Å²) in [5, 5.41) is 12.0. The third kappa shape index (κ3) is 4.08. The Morgan fingerprint density at radius 1 is 1.26 bits per heavy atom. The van der Waals surface area contributed by atoms with Crippen LogP contribution < -0.4 is 5.32 Å². The van der Waals surface area contributed by atoms with Crippen LogP contribution in [0.3, 0.4) is 0 Å². The molecule has 1 aromatic rings. The van der Waals surface area contributed by atoms with Gasteiger partial charge in [0, 0.05) is 6.04 Å². The lowest BCUT2D eigenvalue weighted by Gasteiger charge is -2.24. The normalized spacial score (nSPS) is 13.7. The molecule has 0 amide bonds. The molecule has 0 saturated carbocycles. The summed E-state index contributed by atoms with van der Waals surface area (Å²) < 4.78 is 4.80. The van der Waals surface area contributed by atoms with E-state index in [4.69, 9.17) is 10.00 Å². The van der Waals surface area contributed by atoms with Crippen LogP contribution >= 0.6 is 0 Å². The molecule has 1 rings (SSSR count). The number of nitriles is 1. The molecule has 1 aromatic carbocycles. The number of ether oxygens (including phenoxy) is 1. The summed E-state index contributed by atoms with van der Waals surface area (Å²) in [5.74, 6) is -0.108. The molecular weight excluding hydrogens is 240 g/mol. The van der Waals surface area contributed by atoms with Gasteiger partial charge < -0.3 is 4.74 Å². The highest BCUT2D eigenvalue weighted by atomic mass is 16.5. The Morgan fingerprint density at radius 3 is 2.26 bits per heavy atom. The predicted molar refractivity (Wildman–Crippen MR) is 73.3 cm³/mol. The highest BCUT2D eigenvalue weighted by molar-refractivity contribution is 5.76. The summed E-state index contributed by atoms with van der Waals surface area (Å²) in [4.78, 5) is 11.7. The first-order chi connectivity index (χ1) is 8.99. The van der Waals surface area contributed by atoms with Crippen LogP contribution in [0.4, 0.5) is 0 Å². The number of nitrogens with zero attached hydrogens (tertiary/aromatic N) is 1. The van der Waals surface area contributed by atoms with Gasteiger partial charge in [0.05, 0.1) is 18.7 Å². The van der Waals surface area contributed by atoms with Crippen LogP contribution in [-0.4, -0.2) is 19.1 Å². The highest BCUT2D eigenvalue weighted by Gasteiger charge is 2.24. The van der Waals surface area contributed by atoms with Gasteiger partial charge >= 0.3 is 5.97 Å². The Bertz CT molecular complexity index is 460. The van der Waals surface area contributed by atoms with E-state index in [0.29, 0.717) is 5.56 Å². The van der Waals surface area contributed by atoms with E-state index in [2.05, 4.69) is 11.4 Å². The second-order valence-corrected chi connectivity index (χ2v) is 4.87. The summed E-state index contributed by atoms with van der Waals surface area (Å²) in [5.41, 5.74) is 1.66. The topological polar surface area (TPSA) is 62.1 Å². The van der Waals surface area contributed by atoms with Crippen LogP contribution in [0.5, 0.6) is 0 Å². The van der Waals surface area contributed by atoms with E-state index >= 15 is 0 Å². The highest BCUT2D eigenvalue weighted by Crippen LogP contribution is 2.16. The maximum atomic E-state index is 11.7. The van der Waals surface area contributed by atoms with Crippen LogP contribution in [0.1, 0.15) is 37.9 Å². The molecule has 1 unspecified atom stereocenters. The van der Waals surface area contributed by atoms with Gasteiger partial charge in [0.2, 0.25) is 0 Å². The summed E-state index contributed by atoms with van der Waals surface area (Å²) in [6, 6.07) is 9.10. The minimum Gasteiger partial charge on any atom is -0.468 e. The van der Waals surface area contributed by atoms with Crippen LogP contribution in [0.15, 0.2) is 24.3 Å². The van der Waals surface area contributed by atoms with Crippen molar-refractivity contribution in [1.82, 2.24) is 5.32 Å². The summed E-state index contributed by atoms with van der Waals surface area (Å²) in [6.45, 7) is 5.93. The minimum absolute atomic E-state index is 0.0132. The maximum absolute atomic E-state index is 11.7. The molecule has 0 fully saturated rings. The predicted octanol–water partition coefficient (Wildman–Crippen LogP) is 2.41. The van der Waals surface area contributed by atoms with E-state index in [0.717, 1.165) is 5.56 Å². The second-order valence-electron chi connectivity index (χ2n) is 4.87. The first-order valence-corrected chi connectivity index (χ1v) is 6.33. The van der Waals surface area contributed by atoms with Crippen LogP contribution in [0.2, 0.25) is 0 Å². The number of hydrogen-bond donors (Lipinski definition) is 1. The lowest BCUT2D eigenvalue weighted by Crippen LogP contribution is -2.42. The van der Waals surface area contributed by atoms with Gasteiger partial charge in [0.25, 0.3) is 0 Å². The first-order valence-electron chi connectivity index (χ1n) is 6.33. The standard InChI is InChI=1S/C15H20N2O2/c1-10(2)14(15(18)19-4)17-11(3)13-7-5-12(9-16)6-8-13/h5-8,10-11,14,17H,1-4H3/t11?,14-/m0/s1. The van der Waals surface area contributed by atoms with Gasteiger partial charge in [0.1, 0.15) is 6.04 Å². The van der Waals surface area contributed by atoms with E-state index in [1.54, 1.807) is 12.1 Å². The van der Waals surface area contributed by atoms with Gasteiger partial charge in [-0.1, -0.05) is 26.0 Å². The van der Waals surface area contributed by atoms with Crippen LogP contribution in [0.25, 0.3) is 0 Å². The summed E-state index contributed by atoms with van der Waals surface area (Å²) in [7, 11) is 1.39. The fourth-order valence-electron chi connectivity index (χ4n) is 1.87. The van der Waals surface area contributed by atoms with E-state index < -0.39 is 0 Å². The molecule has 0 saturated heterocycles. The van der Waals surface area contributed by atoms with Crippen molar-refractivity contribution < 1.29 is 9.53 Å². The van der Waals surface area contributed by atoms with E-state index in [1.165, 1.54) is 7.11 Å². The van der Waals surface area contributed by atoms with Gasteiger partial charge in [-0.2, -0.15) is 5.26 Å². The Labute approximate surface area is 114 Å². The molecule has 0 aromatic heterocycles. The Kier molecular flexibility index (Phi) is 5.53. The van der Waals surface area contributed by atoms with Gasteiger partial charge in [-0.15, -0.1) is 0 Å². The van der Waals surface area contributed by atoms with Crippen molar-refractivity contribution >= 4 is 5.97 Å². The van der Waals surface area contributed by atoms with Gasteiger partial charge in [0.15, 0.2) is 0 Å². The zero-order chi connectivity index (χ0) is 14.4.